The highest BCUT2D eigenvalue weighted by Crippen LogP contribution is 2.30. The van der Waals surface area contributed by atoms with Gasteiger partial charge in [-0.3, -0.25) is 4.79 Å². The smallest absolute Gasteiger partial charge is 0.223 e. The molecule has 0 aromatic heterocycles. The first kappa shape index (κ1) is 16.6. The molecule has 1 amide bonds. The minimum atomic E-state index is -0.0675. The van der Waals surface area contributed by atoms with Crippen molar-refractivity contribution in [1.82, 2.24) is 4.90 Å². The Morgan fingerprint density at radius 1 is 1.38 bits per heavy atom. The fourth-order valence-corrected chi connectivity index (χ4v) is 3.17. The van der Waals surface area contributed by atoms with Gasteiger partial charge in [0.05, 0.1) is 6.04 Å². The summed E-state index contributed by atoms with van der Waals surface area (Å²) in [6, 6.07) is 5.33. The van der Waals surface area contributed by atoms with Crippen LogP contribution in [0.3, 0.4) is 0 Å². The maximum Gasteiger partial charge on any atom is 0.223 e. The highest BCUT2D eigenvalue weighted by atomic mass is 35.5. The van der Waals surface area contributed by atoms with Gasteiger partial charge in [-0.2, -0.15) is 0 Å². The van der Waals surface area contributed by atoms with Gasteiger partial charge in [0.2, 0.25) is 5.91 Å². The topological polar surface area (TPSA) is 29.5 Å². The highest BCUT2D eigenvalue weighted by molar-refractivity contribution is 6.35. The van der Waals surface area contributed by atoms with Crippen molar-refractivity contribution in [2.45, 2.75) is 32.2 Å². The Kier molecular flexibility index (Phi) is 5.91. The van der Waals surface area contributed by atoms with Crippen LogP contribution in [0.1, 0.15) is 37.8 Å². The predicted molar refractivity (Wildman–Crippen MR) is 85.8 cm³/mol. The third kappa shape index (κ3) is 4.35. The molecule has 0 unspecified atom stereocenters. The van der Waals surface area contributed by atoms with E-state index < -0.39 is 0 Å². The summed E-state index contributed by atoms with van der Waals surface area (Å²) in [5, 5.41) is 1.20. The molecule has 0 bridgehead atoms. The molecule has 116 valence electrons. The summed E-state index contributed by atoms with van der Waals surface area (Å²) in [5.74, 6) is 0.585. The molecule has 0 N–H and O–H groups in total. The van der Waals surface area contributed by atoms with Crippen LogP contribution in [0.4, 0.5) is 0 Å². The molecular weight excluding hydrogens is 309 g/mol. The first-order valence-electron chi connectivity index (χ1n) is 7.27. The zero-order valence-electron chi connectivity index (χ0n) is 12.4. The zero-order valence-corrected chi connectivity index (χ0v) is 14.0. The monoisotopic (exact) mass is 329 g/mol. The standard InChI is InChI=1S/C16H21Cl2NO2/c1-11(14-4-3-13(17)10-15(14)18)19(2)16(20)9-12-5-7-21-8-6-12/h3-4,10-12H,5-9H2,1-2H3/t11-/m0/s1. The minimum Gasteiger partial charge on any atom is -0.381 e. The molecule has 1 heterocycles. The lowest BCUT2D eigenvalue weighted by atomic mass is 9.95. The number of hydrogen-bond donors (Lipinski definition) is 0. The number of ether oxygens (including phenoxy) is 1. The third-order valence-electron chi connectivity index (χ3n) is 4.19. The molecule has 1 aliphatic heterocycles. The molecule has 1 atom stereocenters. The van der Waals surface area contributed by atoms with Crippen LogP contribution >= 0.6 is 23.2 Å². The first-order chi connectivity index (χ1) is 9.99. The second kappa shape index (κ2) is 7.48. The van der Waals surface area contributed by atoms with Crippen LogP contribution in [0.25, 0.3) is 0 Å². The maximum atomic E-state index is 12.4. The Morgan fingerprint density at radius 3 is 2.67 bits per heavy atom. The van der Waals surface area contributed by atoms with Gasteiger partial charge in [-0.05, 0) is 43.4 Å². The molecule has 1 aromatic rings. The van der Waals surface area contributed by atoms with Crippen LogP contribution in [-0.4, -0.2) is 31.1 Å². The summed E-state index contributed by atoms with van der Waals surface area (Å²) >= 11 is 12.1. The van der Waals surface area contributed by atoms with E-state index in [1.54, 1.807) is 17.0 Å². The van der Waals surface area contributed by atoms with E-state index in [-0.39, 0.29) is 11.9 Å². The van der Waals surface area contributed by atoms with Crippen LogP contribution in [0.5, 0.6) is 0 Å². The van der Waals surface area contributed by atoms with Crippen LogP contribution in [0.15, 0.2) is 18.2 Å². The SMILES string of the molecule is C[C@@H](c1ccc(Cl)cc1Cl)N(C)C(=O)CC1CCOCC1. The van der Waals surface area contributed by atoms with Gasteiger partial charge in [0.15, 0.2) is 0 Å². The van der Waals surface area contributed by atoms with Gasteiger partial charge in [0, 0.05) is 36.7 Å². The quantitative estimate of drug-likeness (QED) is 0.822. The maximum absolute atomic E-state index is 12.4. The third-order valence-corrected chi connectivity index (χ3v) is 4.75. The molecule has 0 spiro atoms. The van der Waals surface area contributed by atoms with Crippen molar-refractivity contribution < 1.29 is 9.53 Å². The van der Waals surface area contributed by atoms with Gasteiger partial charge < -0.3 is 9.64 Å². The second-order valence-corrected chi connectivity index (χ2v) is 6.45. The van der Waals surface area contributed by atoms with Crippen molar-refractivity contribution in [2.75, 3.05) is 20.3 Å². The van der Waals surface area contributed by atoms with E-state index in [1.807, 2.05) is 20.0 Å². The molecule has 3 nitrogen and oxygen atoms in total. The van der Waals surface area contributed by atoms with Crippen LogP contribution in [0, 0.1) is 5.92 Å². The number of nitrogens with zero attached hydrogens (tertiary/aromatic N) is 1. The Balaban J connectivity index is 2.00. The lowest BCUT2D eigenvalue weighted by Gasteiger charge is -2.29. The van der Waals surface area contributed by atoms with E-state index in [1.165, 1.54) is 0 Å². The van der Waals surface area contributed by atoms with E-state index in [0.717, 1.165) is 31.6 Å². The average molecular weight is 330 g/mol. The van der Waals surface area contributed by atoms with Crippen molar-refractivity contribution in [3.63, 3.8) is 0 Å². The average Bonchev–Trinajstić information content (AvgIpc) is 2.47. The highest BCUT2D eigenvalue weighted by Gasteiger charge is 2.23. The number of hydrogen-bond acceptors (Lipinski definition) is 2. The Hall–Kier alpha value is -0.770. The Labute approximate surface area is 136 Å². The number of carbonyl (C=O) groups is 1. The molecular formula is C16H21Cl2NO2. The van der Waals surface area contributed by atoms with E-state index in [9.17, 15) is 4.79 Å². The molecule has 0 radical (unpaired) electrons. The lowest BCUT2D eigenvalue weighted by Crippen LogP contribution is -2.32. The molecule has 0 saturated carbocycles. The summed E-state index contributed by atoms with van der Waals surface area (Å²) in [4.78, 5) is 14.2. The molecule has 0 aliphatic carbocycles. The van der Waals surface area contributed by atoms with Crippen LogP contribution < -0.4 is 0 Å². The summed E-state index contributed by atoms with van der Waals surface area (Å²) in [6.07, 6.45) is 2.51. The normalized spacial score (nSPS) is 17.5. The summed E-state index contributed by atoms with van der Waals surface area (Å²) in [5.41, 5.74) is 0.920. The van der Waals surface area contributed by atoms with Gasteiger partial charge in [0.25, 0.3) is 0 Å². The van der Waals surface area contributed by atoms with Crippen molar-refractivity contribution in [2.24, 2.45) is 5.92 Å². The summed E-state index contributed by atoms with van der Waals surface area (Å²) in [6.45, 7) is 3.51. The fraction of sp³-hybridized carbons (Fsp3) is 0.562. The molecule has 5 heteroatoms. The van der Waals surface area contributed by atoms with Crippen molar-refractivity contribution in [1.29, 1.82) is 0 Å². The minimum absolute atomic E-state index is 0.0675. The van der Waals surface area contributed by atoms with Crippen LogP contribution in [-0.2, 0) is 9.53 Å². The van der Waals surface area contributed by atoms with E-state index in [4.69, 9.17) is 27.9 Å². The molecule has 1 aromatic carbocycles. The molecule has 1 fully saturated rings. The van der Waals surface area contributed by atoms with Gasteiger partial charge in [-0.15, -0.1) is 0 Å². The fourth-order valence-electron chi connectivity index (χ4n) is 2.61. The second-order valence-electron chi connectivity index (χ2n) is 5.61. The van der Waals surface area contributed by atoms with Gasteiger partial charge >= 0.3 is 0 Å². The van der Waals surface area contributed by atoms with Gasteiger partial charge in [0.1, 0.15) is 0 Å². The molecule has 21 heavy (non-hydrogen) atoms. The molecule has 2 rings (SSSR count). The Morgan fingerprint density at radius 2 is 2.05 bits per heavy atom. The number of benzene rings is 1. The number of halogens is 2. The van der Waals surface area contributed by atoms with Crippen molar-refractivity contribution in [3.8, 4) is 0 Å². The van der Waals surface area contributed by atoms with E-state index >= 15 is 0 Å². The zero-order chi connectivity index (χ0) is 15.4. The molecule has 1 saturated heterocycles. The summed E-state index contributed by atoms with van der Waals surface area (Å²) in [7, 11) is 1.83. The van der Waals surface area contributed by atoms with Gasteiger partial charge in [-0.1, -0.05) is 29.3 Å². The predicted octanol–water partition coefficient (Wildman–Crippen LogP) is 4.33. The molecule has 1 aliphatic rings. The number of rotatable bonds is 4. The van der Waals surface area contributed by atoms with Crippen molar-refractivity contribution >= 4 is 29.1 Å². The van der Waals surface area contributed by atoms with Gasteiger partial charge in [-0.25, -0.2) is 0 Å². The first-order valence-corrected chi connectivity index (χ1v) is 8.03. The number of carbonyl (C=O) groups excluding carboxylic acids is 1. The van der Waals surface area contributed by atoms with Crippen LogP contribution in [0.2, 0.25) is 10.0 Å². The number of amides is 1. The largest absolute Gasteiger partial charge is 0.381 e. The summed E-state index contributed by atoms with van der Waals surface area (Å²) < 4.78 is 5.33. The van der Waals surface area contributed by atoms with Crippen molar-refractivity contribution in [3.05, 3.63) is 33.8 Å². The van der Waals surface area contributed by atoms with E-state index in [2.05, 4.69) is 0 Å². The Bertz CT molecular complexity index is 501. The lowest BCUT2D eigenvalue weighted by molar-refractivity contribution is -0.133. The van der Waals surface area contributed by atoms with E-state index in [0.29, 0.717) is 22.4 Å².